The number of aliphatic imine (C=N–C) groups is 1. The van der Waals surface area contributed by atoms with Gasteiger partial charge in [0, 0.05) is 5.56 Å². The first-order chi connectivity index (χ1) is 14.5. The van der Waals surface area contributed by atoms with Gasteiger partial charge in [-0.05, 0) is 54.1 Å². The van der Waals surface area contributed by atoms with E-state index in [4.69, 9.17) is 14.6 Å². The number of methoxy groups -OCH3 is 1. The molecule has 0 aromatic heterocycles. The molecule has 0 unspecified atom stereocenters. The average Bonchev–Trinajstić information content (AvgIpc) is 3.06. The van der Waals surface area contributed by atoms with Gasteiger partial charge < -0.3 is 19.9 Å². The van der Waals surface area contributed by atoms with Crippen LogP contribution in [0.25, 0.3) is 6.08 Å². The predicted octanol–water partition coefficient (Wildman–Crippen LogP) is 3.78. The Morgan fingerprint density at radius 1 is 1.30 bits per heavy atom. The van der Waals surface area contributed by atoms with Crippen molar-refractivity contribution in [3.05, 3.63) is 71.2 Å². The number of nitrogens with zero attached hydrogens (tertiary/aromatic N) is 1. The molecule has 1 aliphatic rings. The fraction of sp³-hybridized carbons (Fsp3) is 0.136. The second kappa shape index (κ2) is 9.80. The van der Waals surface area contributed by atoms with Gasteiger partial charge in [0.25, 0.3) is 5.91 Å². The molecule has 1 aliphatic heterocycles. The summed E-state index contributed by atoms with van der Waals surface area (Å²) in [7, 11) is 1.47. The minimum Gasteiger partial charge on any atom is -0.493 e. The Morgan fingerprint density at radius 2 is 2.07 bits per heavy atom. The van der Waals surface area contributed by atoms with Gasteiger partial charge in [0.15, 0.2) is 23.3 Å². The first-order valence-corrected chi connectivity index (χ1v) is 9.83. The van der Waals surface area contributed by atoms with Gasteiger partial charge in [-0.3, -0.25) is 4.79 Å². The number of carbonyl (C=O) groups excluding carboxylic acids is 1. The summed E-state index contributed by atoms with van der Waals surface area (Å²) in [5.41, 5.74) is 2.17. The topological polar surface area (TPSA) is 97.2 Å². The van der Waals surface area contributed by atoms with E-state index in [0.29, 0.717) is 39.1 Å². The molecule has 8 heteroatoms. The number of aliphatic carboxylic acids is 1. The van der Waals surface area contributed by atoms with E-state index in [0.717, 1.165) is 5.69 Å². The molecular formula is C22H20N2O5S. The largest absolute Gasteiger partial charge is 0.493 e. The normalized spacial score (nSPS) is 15.8. The van der Waals surface area contributed by atoms with Gasteiger partial charge >= 0.3 is 5.97 Å². The summed E-state index contributed by atoms with van der Waals surface area (Å²) in [6, 6.07) is 12.9. The average molecular weight is 424 g/mol. The maximum Gasteiger partial charge on any atom is 0.341 e. The molecule has 2 aromatic rings. The Balaban J connectivity index is 1.91. The zero-order valence-electron chi connectivity index (χ0n) is 16.3. The number of rotatable bonds is 8. The maximum absolute atomic E-state index is 12.4. The molecule has 2 aromatic carbocycles. The van der Waals surface area contributed by atoms with Gasteiger partial charge in [0.05, 0.1) is 17.7 Å². The lowest BCUT2D eigenvalue weighted by molar-refractivity contribution is -0.139. The summed E-state index contributed by atoms with van der Waals surface area (Å²) in [5.74, 6) is -0.608. The molecule has 2 N–H and O–H groups in total. The molecule has 3 rings (SSSR count). The lowest BCUT2D eigenvalue weighted by atomic mass is 10.0. The highest BCUT2D eigenvalue weighted by molar-refractivity contribution is 8.18. The number of para-hydroxylation sites is 1. The highest BCUT2D eigenvalue weighted by Crippen LogP contribution is 2.36. The van der Waals surface area contributed by atoms with Crippen LogP contribution in [-0.4, -0.2) is 35.9 Å². The third kappa shape index (κ3) is 5.30. The number of amides is 1. The molecule has 1 heterocycles. The summed E-state index contributed by atoms with van der Waals surface area (Å²) >= 11 is 1.24. The minimum atomic E-state index is -1.09. The molecular weight excluding hydrogens is 404 g/mol. The number of carboxylic acid groups (broad SMARTS) is 1. The molecule has 154 valence electrons. The van der Waals surface area contributed by atoms with E-state index in [-0.39, 0.29) is 5.91 Å². The highest BCUT2D eigenvalue weighted by atomic mass is 32.2. The van der Waals surface area contributed by atoms with Crippen LogP contribution in [0.5, 0.6) is 11.5 Å². The fourth-order valence-corrected chi connectivity index (χ4v) is 3.62. The van der Waals surface area contributed by atoms with E-state index in [2.05, 4.69) is 16.9 Å². The van der Waals surface area contributed by atoms with Crippen LogP contribution in [-0.2, 0) is 16.0 Å². The van der Waals surface area contributed by atoms with Crippen molar-refractivity contribution in [3.63, 3.8) is 0 Å². The van der Waals surface area contributed by atoms with Crippen molar-refractivity contribution in [2.75, 3.05) is 13.7 Å². The molecule has 0 saturated carbocycles. The first-order valence-electron chi connectivity index (χ1n) is 9.01. The Labute approximate surface area is 178 Å². The van der Waals surface area contributed by atoms with Crippen molar-refractivity contribution in [2.24, 2.45) is 4.99 Å². The number of carboxylic acids is 1. The van der Waals surface area contributed by atoms with E-state index in [1.165, 1.54) is 18.9 Å². The number of hydrogen-bond acceptors (Lipinski definition) is 6. The van der Waals surface area contributed by atoms with Crippen LogP contribution >= 0.6 is 11.8 Å². The van der Waals surface area contributed by atoms with Crippen LogP contribution in [0, 0.1) is 0 Å². The van der Waals surface area contributed by atoms with E-state index >= 15 is 0 Å². The third-order valence-corrected chi connectivity index (χ3v) is 4.92. The van der Waals surface area contributed by atoms with Crippen LogP contribution in [0.1, 0.15) is 11.1 Å². The number of benzene rings is 2. The Bertz CT molecular complexity index is 1030. The molecule has 7 nitrogen and oxygen atoms in total. The summed E-state index contributed by atoms with van der Waals surface area (Å²) in [6.07, 6.45) is 3.85. The second-order valence-corrected chi connectivity index (χ2v) is 7.23. The van der Waals surface area contributed by atoms with Crippen LogP contribution in [0.4, 0.5) is 5.69 Å². The summed E-state index contributed by atoms with van der Waals surface area (Å²) in [4.78, 5) is 28.2. The van der Waals surface area contributed by atoms with Crippen molar-refractivity contribution in [1.82, 2.24) is 5.32 Å². The van der Waals surface area contributed by atoms with Crippen molar-refractivity contribution in [2.45, 2.75) is 6.42 Å². The first kappa shape index (κ1) is 21.2. The fourth-order valence-electron chi connectivity index (χ4n) is 2.78. The molecule has 1 saturated heterocycles. The molecule has 30 heavy (non-hydrogen) atoms. The van der Waals surface area contributed by atoms with Gasteiger partial charge in [0.1, 0.15) is 0 Å². The summed E-state index contributed by atoms with van der Waals surface area (Å²) in [6.45, 7) is 3.24. The monoisotopic (exact) mass is 424 g/mol. The number of carbonyl (C=O) groups is 2. The Kier molecular flexibility index (Phi) is 6.92. The molecule has 0 spiro atoms. The Morgan fingerprint density at radius 3 is 2.73 bits per heavy atom. The van der Waals surface area contributed by atoms with Crippen LogP contribution < -0.4 is 14.8 Å². The zero-order valence-corrected chi connectivity index (χ0v) is 17.1. The predicted molar refractivity (Wildman–Crippen MR) is 117 cm³/mol. The number of thioether (sulfide) groups is 1. The van der Waals surface area contributed by atoms with Crippen molar-refractivity contribution < 1.29 is 24.2 Å². The number of hydrogen-bond donors (Lipinski definition) is 2. The Hall–Kier alpha value is -3.52. The van der Waals surface area contributed by atoms with Crippen LogP contribution in [0.15, 0.2) is 65.0 Å². The molecule has 0 radical (unpaired) electrons. The lowest BCUT2D eigenvalue weighted by Gasteiger charge is -2.14. The van der Waals surface area contributed by atoms with Gasteiger partial charge in [0.2, 0.25) is 0 Å². The highest BCUT2D eigenvalue weighted by Gasteiger charge is 2.24. The third-order valence-electron chi connectivity index (χ3n) is 4.01. The number of amidine groups is 1. The number of allylic oxidation sites excluding steroid dienone is 1. The van der Waals surface area contributed by atoms with E-state index in [1.54, 1.807) is 18.2 Å². The summed E-state index contributed by atoms with van der Waals surface area (Å²) < 4.78 is 10.8. The lowest BCUT2D eigenvalue weighted by Crippen LogP contribution is -2.19. The summed E-state index contributed by atoms with van der Waals surface area (Å²) in [5, 5.41) is 12.2. The van der Waals surface area contributed by atoms with Crippen molar-refractivity contribution in [1.29, 1.82) is 0 Å². The number of ether oxygens (including phenoxy) is 2. The van der Waals surface area contributed by atoms with Crippen molar-refractivity contribution in [3.8, 4) is 11.5 Å². The molecule has 1 amide bonds. The molecule has 0 aliphatic carbocycles. The maximum atomic E-state index is 12.4. The zero-order chi connectivity index (χ0) is 21.5. The van der Waals surface area contributed by atoms with Crippen molar-refractivity contribution >= 4 is 40.6 Å². The van der Waals surface area contributed by atoms with Gasteiger partial charge in [-0.15, -0.1) is 6.58 Å². The van der Waals surface area contributed by atoms with E-state index in [9.17, 15) is 9.59 Å². The molecule has 1 fully saturated rings. The minimum absolute atomic E-state index is 0.245. The van der Waals surface area contributed by atoms with E-state index in [1.807, 2.05) is 36.4 Å². The van der Waals surface area contributed by atoms with Gasteiger partial charge in [-0.2, -0.15) is 0 Å². The molecule has 0 bridgehead atoms. The van der Waals surface area contributed by atoms with E-state index < -0.39 is 12.6 Å². The smallest absolute Gasteiger partial charge is 0.341 e. The van der Waals surface area contributed by atoms with Crippen LogP contribution in [0.2, 0.25) is 0 Å². The SMILES string of the molecule is C=CCc1cc(/C=C2\SC(=Nc3ccccc3)NC2=O)cc(OC)c1OCC(=O)O. The molecule has 0 atom stereocenters. The van der Waals surface area contributed by atoms with Gasteiger partial charge in [-0.1, -0.05) is 24.3 Å². The second-order valence-electron chi connectivity index (χ2n) is 6.20. The van der Waals surface area contributed by atoms with Gasteiger partial charge in [-0.25, -0.2) is 9.79 Å². The van der Waals surface area contributed by atoms with Crippen LogP contribution in [0.3, 0.4) is 0 Å². The number of nitrogens with one attached hydrogen (secondary N) is 1. The standard InChI is InChI=1S/C22H20N2O5S/c1-3-7-15-10-14(11-17(28-2)20(15)29-13-19(25)26)12-18-21(27)24-22(30-18)23-16-8-5-4-6-9-16/h3-6,8-12H,1,7,13H2,2H3,(H,25,26)(H,23,24,27)/b18-12-. The quantitative estimate of drug-likeness (QED) is 0.494.